The first-order chi connectivity index (χ1) is 7.71. The van der Waals surface area contributed by atoms with Crippen molar-refractivity contribution in [1.29, 1.82) is 0 Å². The van der Waals surface area contributed by atoms with Gasteiger partial charge in [0.25, 0.3) is 0 Å². The van der Waals surface area contributed by atoms with Crippen LogP contribution in [0.1, 0.15) is 6.92 Å². The highest BCUT2D eigenvalue weighted by molar-refractivity contribution is 5.59. The van der Waals surface area contributed by atoms with Crippen molar-refractivity contribution in [2.24, 2.45) is 0 Å². The van der Waals surface area contributed by atoms with Gasteiger partial charge in [-0.1, -0.05) is 0 Å². The Morgan fingerprint density at radius 1 is 1.19 bits per heavy atom. The molecule has 0 bridgehead atoms. The molecule has 1 aromatic carbocycles. The SMILES string of the molecule is COc1ccc(NCC(C)OC)c(OC)c1. The van der Waals surface area contributed by atoms with E-state index in [4.69, 9.17) is 14.2 Å². The molecular formula is C12H19NO3. The van der Waals surface area contributed by atoms with E-state index in [1.807, 2.05) is 25.1 Å². The van der Waals surface area contributed by atoms with Crippen LogP contribution in [0.25, 0.3) is 0 Å². The Kier molecular flexibility index (Phi) is 4.92. The normalized spacial score (nSPS) is 12.0. The lowest BCUT2D eigenvalue weighted by atomic mass is 10.2. The third-order valence-electron chi connectivity index (χ3n) is 2.39. The molecule has 4 heteroatoms. The van der Waals surface area contributed by atoms with Crippen molar-refractivity contribution in [3.63, 3.8) is 0 Å². The Labute approximate surface area is 96.5 Å². The molecule has 1 aromatic rings. The van der Waals surface area contributed by atoms with Gasteiger partial charge in [-0.15, -0.1) is 0 Å². The molecule has 16 heavy (non-hydrogen) atoms. The van der Waals surface area contributed by atoms with Gasteiger partial charge in [0.15, 0.2) is 0 Å². The van der Waals surface area contributed by atoms with Gasteiger partial charge < -0.3 is 19.5 Å². The molecule has 1 N–H and O–H groups in total. The molecule has 0 aliphatic carbocycles. The largest absolute Gasteiger partial charge is 0.497 e. The highest BCUT2D eigenvalue weighted by Gasteiger charge is 2.06. The molecule has 0 heterocycles. The van der Waals surface area contributed by atoms with Gasteiger partial charge in [-0.2, -0.15) is 0 Å². The van der Waals surface area contributed by atoms with E-state index in [-0.39, 0.29) is 6.10 Å². The van der Waals surface area contributed by atoms with Gasteiger partial charge in [0.05, 0.1) is 26.0 Å². The number of hydrogen-bond acceptors (Lipinski definition) is 4. The first kappa shape index (κ1) is 12.6. The maximum Gasteiger partial charge on any atom is 0.145 e. The van der Waals surface area contributed by atoms with Crippen LogP contribution in [0.4, 0.5) is 5.69 Å². The van der Waals surface area contributed by atoms with Crippen LogP contribution < -0.4 is 14.8 Å². The number of nitrogens with one attached hydrogen (secondary N) is 1. The van der Waals surface area contributed by atoms with Crippen molar-refractivity contribution in [3.05, 3.63) is 18.2 Å². The third kappa shape index (κ3) is 3.31. The minimum atomic E-state index is 0.159. The Morgan fingerprint density at radius 3 is 2.50 bits per heavy atom. The molecule has 0 radical (unpaired) electrons. The molecule has 0 aliphatic rings. The molecule has 0 aliphatic heterocycles. The lowest BCUT2D eigenvalue weighted by Gasteiger charge is -2.15. The third-order valence-corrected chi connectivity index (χ3v) is 2.39. The van der Waals surface area contributed by atoms with Crippen LogP contribution in [0.15, 0.2) is 18.2 Å². The van der Waals surface area contributed by atoms with Crippen molar-refractivity contribution >= 4 is 5.69 Å². The number of hydrogen-bond donors (Lipinski definition) is 1. The van der Waals surface area contributed by atoms with Gasteiger partial charge >= 0.3 is 0 Å². The van der Waals surface area contributed by atoms with Crippen molar-refractivity contribution in [2.75, 3.05) is 33.2 Å². The van der Waals surface area contributed by atoms with Gasteiger partial charge in [-0.3, -0.25) is 0 Å². The van der Waals surface area contributed by atoms with Gasteiger partial charge in [-0.25, -0.2) is 0 Å². The molecule has 4 nitrogen and oxygen atoms in total. The van der Waals surface area contributed by atoms with E-state index in [1.54, 1.807) is 21.3 Å². The predicted molar refractivity (Wildman–Crippen MR) is 64.5 cm³/mol. The summed E-state index contributed by atoms with van der Waals surface area (Å²) in [5.74, 6) is 1.55. The van der Waals surface area contributed by atoms with Gasteiger partial charge in [-0.05, 0) is 19.1 Å². The Hall–Kier alpha value is -1.42. The Balaban J connectivity index is 2.71. The van der Waals surface area contributed by atoms with Crippen LogP contribution in [0, 0.1) is 0 Å². The first-order valence-corrected chi connectivity index (χ1v) is 5.20. The maximum atomic E-state index is 5.27. The smallest absolute Gasteiger partial charge is 0.145 e. The number of ether oxygens (including phenoxy) is 3. The molecule has 0 fully saturated rings. The zero-order valence-corrected chi connectivity index (χ0v) is 10.2. The molecule has 0 saturated heterocycles. The zero-order chi connectivity index (χ0) is 12.0. The number of methoxy groups -OCH3 is 3. The molecule has 0 spiro atoms. The predicted octanol–water partition coefficient (Wildman–Crippen LogP) is 2.15. The highest BCUT2D eigenvalue weighted by Crippen LogP contribution is 2.28. The quantitative estimate of drug-likeness (QED) is 0.805. The van der Waals surface area contributed by atoms with Crippen LogP contribution in [0.2, 0.25) is 0 Å². The minimum Gasteiger partial charge on any atom is -0.497 e. The van der Waals surface area contributed by atoms with E-state index in [9.17, 15) is 0 Å². The van der Waals surface area contributed by atoms with E-state index in [1.165, 1.54) is 0 Å². The van der Waals surface area contributed by atoms with E-state index in [2.05, 4.69) is 5.32 Å². The van der Waals surface area contributed by atoms with Crippen molar-refractivity contribution < 1.29 is 14.2 Å². The summed E-state index contributed by atoms with van der Waals surface area (Å²) in [4.78, 5) is 0. The molecule has 0 amide bonds. The maximum absolute atomic E-state index is 5.27. The average molecular weight is 225 g/mol. The molecule has 0 saturated carbocycles. The Morgan fingerprint density at radius 2 is 1.94 bits per heavy atom. The first-order valence-electron chi connectivity index (χ1n) is 5.20. The second kappa shape index (κ2) is 6.23. The molecule has 1 unspecified atom stereocenters. The molecule has 1 rings (SSSR count). The standard InChI is InChI=1S/C12H19NO3/c1-9(14-2)8-13-11-6-5-10(15-3)7-12(11)16-4/h5-7,9,13H,8H2,1-4H3. The van der Waals surface area contributed by atoms with E-state index in [0.717, 1.165) is 23.7 Å². The Bertz CT molecular complexity index is 328. The van der Waals surface area contributed by atoms with E-state index in [0.29, 0.717) is 0 Å². The molecule has 0 aromatic heterocycles. The summed E-state index contributed by atoms with van der Waals surface area (Å²) in [5.41, 5.74) is 0.937. The molecule has 90 valence electrons. The number of anilines is 1. The summed E-state index contributed by atoms with van der Waals surface area (Å²) in [6.45, 7) is 2.74. The molecular weight excluding hydrogens is 206 g/mol. The fraction of sp³-hybridized carbons (Fsp3) is 0.500. The van der Waals surface area contributed by atoms with E-state index >= 15 is 0 Å². The fourth-order valence-electron chi connectivity index (χ4n) is 1.28. The van der Waals surface area contributed by atoms with Crippen molar-refractivity contribution in [1.82, 2.24) is 0 Å². The second-order valence-corrected chi connectivity index (χ2v) is 3.49. The minimum absolute atomic E-state index is 0.159. The van der Waals surface area contributed by atoms with Gasteiger partial charge in [0, 0.05) is 19.7 Å². The molecule has 1 atom stereocenters. The lowest BCUT2D eigenvalue weighted by molar-refractivity contribution is 0.128. The second-order valence-electron chi connectivity index (χ2n) is 3.49. The van der Waals surface area contributed by atoms with Crippen LogP contribution in [0.3, 0.4) is 0 Å². The van der Waals surface area contributed by atoms with Crippen LogP contribution in [-0.2, 0) is 4.74 Å². The summed E-state index contributed by atoms with van der Waals surface area (Å²) in [5, 5.41) is 3.26. The van der Waals surface area contributed by atoms with Crippen LogP contribution in [-0.4, -0.2) is 34.0 Å². The highest BCUT2D eigenvalue weighted by atomic mass is 16.5. The average Bonchev–Trinajstić information content (AvgIpc) is 2.35. The summed E-state index contributed by atoms with van der Waals surface area (Å²) >= 11 is 0. The van der Waals surface area contributed by atoms with Crippen LogP contribution >= 0.6 is 0 Å². The summed E-state index contributed by atoms with van der Waals surface area (Å²) < 4.78 is 15.6. The number of benzene rings is 1. The van der Waals surface area contributed by atoms with E-state index < -0.39 is 0 Å². The van der Waals surface area contributed by atoms with Crippen molar-refractivity contribution in [3.8, 4) is 11.5 Å². The topological polar surface area (TPSA) is 39.7 Å². The monoisotopic (exact) mass is 225 g/mol. The van der Waals surface area contributed by atoms with Crippen LogP contribution in [0.5, 0.6) is 11.5 Å². The van der Waals surface area contributed by atoms with Crippen molar-refractivity contribution in [2.45, 2.75) is 13.0 Å². The fourth-order valence-corrected chi connectivity index (χ4v) is 1.28. The van der Waals surface area contributed by atoms with Gasteiger partial charge in [0.2, 0.25) is 0 Å². The summed E-state index contributed by atoms with van der Waals surface area (Å²) in [7, 11) is 4.96. The summed E-state index contributed by atoms with van der Waals surface area (Å²) in [6, 6.07) is 5.67. The zero-order valence-electron chi connectivity index (χ0n) is 10.2. The summed E-state index contributed by atoms with van der Waals surface area (Å²) in [6.07, 6.45) is 0.159. The lowest BCUT2D eigenvalue weighted by Crippen LogP contribution is -2.18. The number of rotatable bonds is 6. The van der Waals surface area contributed by atoms with Gasteiger partial charge in [0.1, 0.15) is 11.5 Å².